The Hall–Kier alpha value is -1.29. The minimum absolute atomic E-state index is 0.0215. The highest BCUT2D eigenvalue weighted by molar-refractivity contribution is 5.91. The van der Waals surface area contributed by atoms with Gasteiger partial charge in [-0.05, 0) is 25.1 Å². The molecule has 1 aliphatic rings. The summed E-state index contributed by atoms with van der Waals surface area (Å²) < 4.78 is 5.15. The van der Waals surface area contributed by atoms with Gasteiger partial charge in [0, 0.05) is 26.2 Å². The maximum atomic E-state index is 12.0. The van der Waals surface area contributed by atoms with E-state index < -0.39 is 0 Å². The molecule has 0 aliphatic carbocycles. The molecular formula is C14H22N2O2. The zero-order valence-electron chi connectivity index (χ0n) is 11.1. The first-order chi connectivity index (χ1) is 8.81. The molecule has 4 nitrogen and oxygen atoms in total. The summed E-state index contributed by atoms with van der Waals surface area (Å²) >= 11 is 0. The van der Waals surface area contributed by atoms with Gasteiger partial charge in [-0.3, -0.25) is 9.69 Å². The second-order valence-electron chi connectivity index (χ2n) is 4.82. The summed E-state index contributed by atoms with van der Waals surface area (Å²) in [6, 6.07) is 3.49. The summed E-state index contributed by atoms with van der Waals surface area (Å²) in [5.41, 5.74) is 0. The second kappa shape index (κ2) is 6.59. The highest BCUT2D eigenvalue weighted by Crippen LogP contribution is 2.10. The number of nitrogens with zero attached hydrogens (tertiary/aromatic N) is 2. The number of carbonyl (C=O) groups excluding carboxylic acids is 1. The molecule has 2 heterocycles. The van der Waals surface area contributed by atoms with E-state index in [9.17, 15) is 4.79 Å². The summed E-state index contributed by atoms with van der Waals surface area (Å²) in [7, 11) is 0. The van der Waals surface area contributed by atoms with E-state index in [0.717, 1.165) is 32.7 Å². The minimum atomic E-state index is 0.0215. The average Bonchev–Trinajstić information content (AvgIpc) is 2.93. The molecule has 2 rings (SSSR count). The van der Waals surface area contributed by atoms with Crippen LogP contribution in [-0.2, 0) is 0 Å². The third-order valence-electron chi connectivity index (χ3n) is 3.47. The predicted molar refractivity (Wildman–Crippen MR) is 70.6 cm³/mol. The molecule has 1 fully saturated rings. The predicted octanol–water partition coefficient (Wildman–Crippen LogP) is 2.23. The quantitative estimate of drug-likeness (QED) is 0.752. The van der Waals surface area contributed by atoms with Gasteiger partial charge in [0.25, 0.3) is 5.91 Å². The molecule has 18 heavy (non-hydrogen) atoms. The van der Waals surface area contributed by atoms with Crippen LogP contribution in [0.3, 0.4) is 0 Å². The number of rotatable bonds is 5. The van der Waals surface area contributed by atoms with Gasteiger partial charge in [-0.2, -0.15) is 0 Å². The van der Waals surface area contributed by atoms with E-state index in [0.29, 0.717) is 5.76 Å². The van der Waals surface area contributed by atoms with Gasteiger partial charge in [-0.15, -0.1) is 0 Å². The van der Waals surface area contributed by atoms with Gasteiger partial charge in [-0.25, -0.2) is 0 Å². The maximum Gasteiger partial charge on any atom is 0.289 e. The lowest BCUT2D eigenvalue weighted by Gasteiger charge is -2.34. The molecule has 0 aromatic carbocycles. The standard InChI is InChI=1S/C14H22N2O2/c1-2-3-4-7-15-8-10-16(11-9-15)14(17)13-6-5-12-18-13/h5-6,12H,2-4,7-11H2,1H3. The monoisotopic (exact) mass is 250 g/mol. The van der Waals surface area contributed by atoms with Gasteiger partial charge in [0.15, 0.2) is 5.76 Å². The first-order valence-electron chi connectivity index (χ1n) is 6.86. The van der Waals surface area contributed by atoms with Crippen LogP contribution in [0, 0.1) is 0 Å². The molecule has 0 spiro atoms. The fourth-order valence-electron chi connectivity index (χ4n) is 2.32. The molecule has 0 radical (unpaired) electrons. The van der Waals surface area contributed by atoms with Crippen molar-refractivity contribution in [2.75, 3.05) is 32.7 Å². The van der Waals surface area contributed by atoms with E-state index >= 15 is 0 Å². The molecule has 1 saturated heterocycles. The van der Waals surface area contributed by atoms with Crippen LogP contribution in [0.1, 0.15) is 36.7 Å². The molecule has 100 valence electrons. The minimum Gasteiger partial charge on any atom is -0.459 e. The Kier molecular flexibility index (Phi) is 4.81. The van der Waals surface area contributed by atoms with Gasteiger partial charge in [-0.1, -0.05) is 19.8 Å². The third-order valence-corrected chi connectivity index (χ3v) is 3.47. The Morgan fingerprint density at radius 2 is 2.06 bits per heavy atom. The number of piperazine rings is 1. The van der Waals surface area contributed by atoms with Crippen molar-refractivity contribution >= 4 is 5.91 Å². The van der Waals surface area contributed by atoms with Crippen molar-refractivity contribution in [1.82, 2.24) is 9.80 Å². The van der Waals surface area contributed by atoms with E-state index in [2.05, 4.69) is 11.8 Å². The topological polar surface area (TPSA) is 36.7 Å². The largest absolute Gasteiger partial charge is 0.459 e. The van der Waals surface area contributed by atoms with Crippen LogP contribution in [0.15, 0.2) is 22.8 Å². The van der Waals surface area contributed by atoms with Crippen molar-refractivity contribution in [3.8, 4) is 0 Å². The number of unbranched alkanes of at least 4 members (excludes halogenated alkanes) is 2. The lowest BCUT2D eigenvalue weighted by Crippen LogP contribution is -2.48. The van der Waals surface area contributed by atoms with Crippen LogP contribution in [0.25, 0.3) is 0 Å². The van der Waals surface area contributed by atoms with Gasteiger partial charge in [0.05, 0.1) is 6.26 Å². The summed E-state index contributed by atoms with van der Waals surface area (Å²) in [6.45, 7) is 6.97. The third kappa shape index (κ3) is 3.35. The Bertz CT molecular complexity index is 354. The molecule has 1 aliphatic heterocycles. The van der Waals surface area contributed by atoms with Crippen molar-refractivity contribution in [2.45, 2.75) is 26.2 Å². The molecule has 0 N–H and O–H groups in total. The van der Waals surface area contributed by atoms with E-state index in [1.165, 1.54) is 19.3 Å². The molecule has 1 aromatic heterocycles. The lowest BCUT2D eigenvalue weighted by molar-refractivity contribution is 0.0604. The van der Waals surface area contributed by atoms with Crippen LogP contribution in [-0.4, -0.2) is 48.4 Å². The van der Waals surface area contributed by atoms with Gasteiger partial charge >= 0.3 is 0 Å². The van der Waals surface area contributed by atoms with Crippen molar-refractivity contribution < 1.29 is 9.21 Å². The van der Waals surface area contributed by atoms with Gasteiger partial charge < -0.3 is 9.32 Å². The van der Waals surface area contributed by atoms with E-state index in [1.807, 2.05) is 4.90 Å². The van der Waals surface area contributed by atoms with Crippen molar-refractivity contribution in [1.29, 1.82) is 0 Å². The van der Waals surface area contributed by atoms with Crippen molar-refractivity contribution in [3.05, 3.63) is 24.2 Å². The van der Waals surface area contributed by atoms with Crippen LogP contribution in [0.4, 0.5) is 0 Å². The normalized spacial score (nSPS) is 17.1. The van der Waals surface area contributed by atoms with E-state index in [-0.39, 0.29) is 5.91 Å². The fourth-order valence-corrected chi connectivity index (χ4v) is 2.32. The summed E-state index contributed by atoms with van der Waals surface area (Å²) in [5, 5.41) is 0. The summed E-state index contributed by atoms with van der Waals surface area (Å²) in [4.78, 5) is 16.4. The summed E-state index contributed by atoms with van der Waals surface area (Å²) in [6.07, 6.45) is 5.37. The van der Waals surface area contributed by atoms with Crippen LogP contribution in [0.5, 0.6) is 0 Å². The molecule has 1 aromatic rings. The summed E-state index contributed by atoms with van der Waals surface area (Å²) in [5.74, 6) is 0.475. The van der Waals surface area contributed by atoms with Crippen LogP contribution < -0.4 is 0 Å². The first kappa shape index (κ1) is 13.1. The molecular weight excluding hydrogens is 228 g/mol. The highest BCUT2D eigenvalue weighted by atomic mass is 16.3. The first-order valence-corrected chi connectivity index (χ1v) is 6.86. The zero-order chi connectivity index (χ0) is 12.8. The van der Waals surface area contributed by atoms with Crippen molar-refractivity contribution in [2.24, 2.45) is 0 Å². The van der Waals surface area contributed by atoms with Gasteiger partial charge in [0.2, 0.25) is 0 Å². The number of hydrogen-bond donors (Lipinski definition) is 0. The molecule has 0 unspecified atom stereocenters. The maximum absolute atomic E-state index is 12.0. The SMILES string of the molecule is CCCCCN1CCN(C(=O)c2ccco2)CC1. The smallest absolute Gasteiger partial charge is 0.289 e. The lowest BCUT2D eigenvalue weighted by atomic mass is 10.2. The number of furan rings is 1. The van der Waals surface area contributed by atoms with E-state index in [1.54, 1.807) is 18.4 Å². The van der Waals surface area contributed by atoms with E-state index in [4.69, 9.17) is 4.42 Å². The van der Waals surface area contributed by atoms with Crippen LogP contribution in [0.2, 0.25) is 0 Å². The Labute approximate surface area is 109 Å². The number of hydrogen-bond acceptors (Lipinski definition) is 3. The Morgan fingerprint density at radius 3 is 2.67 bits per heavy atom. The molecule has 0 bridgehead atoms. The highest BCUT2D eigenvalue weighted by Gasteiger charge is 2.23. The van der Waals surface area contributed by atoms with Crippen LogP contribution >= 0.6 is 0 Å². The Balaban J connectivity index is 1.75. The molecule has 0 atom stereocenters. The zero-order valence-corrected chi connectivity index (χ0v) is 11.1. The van der Waals surface area contributed by atoms with Crippen molar-refractivity contribution in [3.63, 3.8) is 0 Å². The molecule has 0 saturated carbocycles. The number of amides is 1. The fraction of sp³-hybridized carbons (Fsp3) is 0.643. The molecule has 4 heteroatoms. The number of carbonyl (C=O) groups is 1. The van der Waals surface area contributed by atoms with Gasteiger partial charge in [0.1, 0.15) is 0 Å². The Morgan fingerprint density at radius 1 is 1.28 bits per heavy atom. The molecule has 1 amide bonds. The second-order valence-corrected chi connectivity index (χ2v) is 4.82. The average molecular weight is 250 g/mol.